The first kappa shape index (κ1) is 14.9. The van der Waals surface area contributed by atoms with Gasteiger partial charge in [0.1, 0.15) is 11.5 Å². The molecule has 0 aliphatic carbocycles. The Balaban J connectivity index is 2.09. The molecule has 0 heterocycles. The quantitative estimate of drug-likeness (QED) is 0.811. The molecular weight excluding hydrogens is 276 g/mol. The van der Waals surface area contributed by atoms with E-state index in [1.165, 1.54) is 13.0 Å². The summed E-state index contributed by atoms with van der Waals surface area (Å²) in [6, 6.07) is 8.50. The Kier molecular flexibility index (Phi) is 4.49. The molecule has 0 saturated heterocycles. The second-order valence-corrected chi connectivity index (χ2v) is 4.53. The lowest BCUT2D eigenvalue weighted by molar-refractivity contribution is 0.262. The number of urea groups is 1. The highest BCUT2D eigenvalue weighted by Crippen LogP contribution is 2.22. The number of amides is 2. The van der Waals surface area contributed by atoms with E-state index in [2.05, 4.69) is 10.6 Å². The zero-order valence-electron chi connectivity index (χ0n) is 11.4. The van der Waals surface area contributed by atoms with Gasteiger partial charge in [-0.2, -0.15) is 0 Å². The number of anilines is 2. The Hall–Kier alpha value is -2.47. The summed E-state index contributed by atoms with van der Waals surface area (Å²) >= 11 is 0. The molecule has 0 unspecified atom stereocenters. The van der Waals surface area contributed by atoms with Crippen LogP contribution < -0.4 is 16.4 Å². The Labute approximate surface area is 121 Å². The number of carbonyl (C=O) groups excluding carboxylic acids is 1. The molecule has 2 rings (SSSR count). The summed E-state index contributed by atoms with van der Waals surface area (Å²) in [5.41, 5.74) is 6.66. The monoisotopic (exact) mass is 291 g/mol. The Morgan fingerprint density at radius 2 is 1.76 bits per heavy atom. The van der Waals surface area contributed by atoms with Crippen molar-refractivity contribution in [3.63, 3.8) is 0 Å². The molecule has 2 aromatic carbocycles. The van der Waals surface area contributed by atoms with E-state index in [1.54, 1.807) is 24.3 Å². The van der Waals surface area contributed by atoms with Crippen molar-refractivity contribution in [2.24, 2.45) is 5.73 Å². The molecule has 0 aliphatic heterocycles. The van der Waals surface area contributed by atoms with Gasteiger partial charge in [-0.25, -0.2) is 13.6 Å². The predicted molar refractivity (Wildman–Crippen MR) is 78.1 cm³/mol. The fraction of sp³-hybridized carbons (Fsp3) is 0.133. The summed E-state index contributed by atoms with van der Waals surface area (Å²) in [5.74, 6) is -1.62. The van der Waals surface area contributed by atoms with Gasteiger partial charge in [0.05, 0.1) is 0 Å². The van der Waals surface area contributed by atoms with E-state index in [0.29, 0.717) is 12.2 Å². The largest absolute Gasteiger partial charge is 0.326 e. The van der Waals surface area contributed by atoms with Crippen LogP contribution in [0.4, 0.5) is 25.0 Å². The number of rotatable bonds is 3. The van der Waals surface area contributed by atoms with E-state index in [-0.39, 0.29) is 5.56 Å². The van der Waals surface area contributed by atoms with E-state index in [4.69, 9.17) is 5.73 Å². The van der Waals surface area contributed by atoms with Crippen molar-refractivity contribution in [3.8, 4) is 0 Å². The minimum Gasteiger partial charge on any atom is -0.326 e. The molecule has 0 aromatic heterocycles. The van der Waals surface area contributed by atoms with E-state index in [0.717, 1.165) is 11.6 Å². The normalized spacial score (nSPS) is 10.3. The molecule has 4 nitrogen and oxygen atoms in total. The smallest absolute Gasteiger partial charge is 0.323 e. The van der Waals surface area contributed by atoms with Crippen LogP contribution in [-0.4, -0.2) is 6.03 Å². The predicted octanol–water partition coefficient (Wildman–Crippen LogP) is 3.38. The number of nitrogens with one attached hydrogen (secondary N) is 2. The van der Waals surface area contributed by atoms with Gasteiger partial charge in [-0.1, -0.05) is 18.2 Å². The third-order valence-corrected chi connectivity index (χ3v) is 2.97. The topological polar surface area (TPSA) is 67.2 Å². The number of hydrogen-bond acceptors (Lipinski definition) is 2. The first-order valence-electron chi connectivity index (χ1n) is 6.33. The Morgan fingerprint density at radius 1 is 1.10 bits per heavy atom. The first-order chi connectivity index (χ1) is 10.0. The van der Waals surface area contributed by atoms with Gasteiger partial charge in [0.2, 0.25) is 0 Å². The summed E-state index contributed by atoms with van der Waals surface area (Å²) in [5, 5.41) is 4.66. The van der Waals surface area contributed by atoms with Crippen LogP contribution in [0.15, 0.2) is 36.4 Å². The van der Waals surface area contributed by atoms with Gasteiger partial charge in [-0.15, -0.1) is 0 Å². The van der Waals surface area contributed by atoms with E-state index >= 15 is 0 Å². The van der Waals surface area contributed by atoms with Crippen LogP contribution in [0.25, 0.3) is 0 Å². The van der Waals surface area contributed by atoms with Gasteiger partial charge in [0, 0.05) is 12.2 Å². The maximum absolute atomic E-state index is 13.8. The van der Waals surface area contributed by atoms with Crippen LogP contribution in [0, 0.1) is 18.6 Å². The second kappa shape index (κ2) is 6.32. The molecule has 2 aromatic rings. The second-order valence-electron chi connectivity index (χ2n) is 4.53. The number of nitrogens with two attached hydrogens (primary N) is 1. The molecule has 0 atom stereocenters. The van der Waals surface area contributed by atoms with Gasteiger partial charge in [-0.3, -0.25) is 0 Å². The van der Waals surface area contributed by atoms with Crippen molar-refractivity contribution in [1.82, 2.24) is 0 Å². The van der Waals surface area contributed by atoms with Crippen LogP contribution in [0.5, 0.6) is 0 Å². The van der Waals surface area contributed by atoms with Gasteiger partial charge in [0.25, 0.3) is 0 Å². The molecular formula is C15H15F2N3O. The Bertz CT molecular complexity index is 657. The lowest BCUT2D eigenvalue weighted by Gasteiger charge is -2.10. The first-order valence-corrected chi connectivity index (χ1v) is 6.33. The van der Waals surface area contributed by atoms with Crippen LogP contribution in [0.1, 0.15) is 11.1 Å². The van der Waals surface area contributed by atoms with Crippen LogP contribution in [0.2, 0.25) is 0 Å². The molecule has 4 N–H and O–H groups in total. The molecule has 0 saturated carbocycles. The molecule has 0 fully saturated rings. The van der Waals surface area contributed by atoms with E-state index < -0.39 is 23.4 Å². The maximum Gasteiger partial charge on any atom is 0.323 e. The number of hydrogen-bond donors (Lipinski definition) is 3. The molecule has 0 aliphatic rings. The molecule has 0 spiro atoms. The van der Waals surface area contributed by atoms with Gasteiger partial charge in [0.15, 0.2) is 5.82 Å². The number of aryl methyl sites for hydroxylation is 1. The minimum atomic E-state index is -0.827. The molecule has 0 bridgehead atoms. The summed E-state index contributed by atoms with van der Waals surface area (Å²) in [6.45, 7) is 1.88. The lowest BCUT2D eigenvalue weighted by atomic mass is 10.2. The van der Waals surface area contributed by atoms with Crippen molar-refractivity contribution in [3.05, 3.63) is 59.2 Å². The highest BCUT2D eigenvalue weighted by atomic mass is 19.1. The SMILES string of the molecule is Cc1ccc(F)c(NC(=O)Nc2ccc(CN)cc2)c1F. The van der Waals surface area contributed by atoms with E-state index in [1.807, 2.05) is 0 Å². The zero-order chi connectivity index (χ0) is 15.4. The van der Waals surface area contributed by atoms with E-state index in [9.17, 15) is 13.6 Å². The molecule has 6 heteroatoms. The summed E-state index contributed by atoms with van der Waals surface area (Å²) in [4.78, 5) is 11.8. The fourth-order valence-corrected chi connectivity index (χ4v) is 1.77. The van der Waals surface area contributed by atoms with Crippen molar-refractivity contribution in [1.29, 1.82) is 0 Å². The zero-order valence-corrected chi connectivity index (χ0v) is 11.4. The number of carbonyl (C=O) groups is 1. The molecule has 21 heavy (non-hydrogen) atoms. The third-order valence-electron chi connectivity index (χ3n) is 2.97. The van der Waals surface area contributed by atoms with Crippen molar-refractivity contribution in [2.45, 2.75) is 13.5 Å². The number of halogens is 2. The standard InChI is InChI=1S/C15H15F2N3O/c1-9-2-7-12(16)14(13(9)17)20-15(21)19-11-5-3-10(8-18)4-6-11/h2-7H,8,18H2,1H3,(H2,19,20,21). The fourth-order valence-electron chi connectivity index (χ4n) is 1.77. The van der Waals surface area contributed by atoms with Crippen LogP contribution in [-0.2, 0) is 6.54 Å². The van der Waals surface area contributed by atoms with Gasteiger partial charge >= 0.3 is 6.03 Å². The van der Waals surface area contributed by atoms with Gasteiger partial charge in [-0.05, 0) is 36.2 Å². The van der Waals surface area contributed by atoms with Gasteiger partial charge < -0.3 is 16.4 Å². The number of benzene rings is 2. The molecule has 110 valence electrons. The average molecular weight is 291 g/mol. The summed E-state index contributed by atoms with van der Waals surface area (Å²) < 4.78 is 27.3. The third kappa shape index (κ3) is 3.55. The minimum absolute atomic E-state index is 0.249. The summed E-state index contributed by atoms with van der Waals surface area (Å²) in [6.07, 6.45) is 0. The molecule has 0 radical (unpaired) electrons. The van der Waals surface area contributed by atoms with Crippen LogP contribution in [0.3, 0.4) is 0 Å². The Morgan fingerprint density at radius 3 is 2.38 bits per heavy atom. The molecule has 2 amide bonds. The highest BCUT2D eigenvalue weighted by molar-refractivity contribution is 5.99. The lowest BCUT2D eigenvalue weighted by Crippen LogP contribution is -2.21. The maximum atomic E-state index is 13.8. The summed E-state index contributed by atoms with van der Waals surface area (Å²) in [7, 11) is 0. The van der Waals surface area contributed by atoms with Crippen LogP contribution >= 0.6 is 0 Å². The van der Waals surface area contributed by atoms with Crippen molar-refractivity contribution < 1.29 is 13.6 Å². The van der Waals surface area contributed by atoms with Crippen molar-refractivity contribution in [2.75, 3.05) is 10.6 Å². The van der Waals surface area contributed by atoms with Crippen molar-refractivity contribution >= 4 is 17.4 Å². The highest BCUT2D eigenvalue weighted by Gasteiger charge is 2.14. The average Bonchev–Trinajstić information content (AvgIpc) is 2.48.